The van der Waals surface area contributed by atoms with E-state index in [1.54, 1.807) is 12.1 Å². The average molecular weight is 376 g/mol. The standard InChI is InChI=1S/C16H21BrClNO2/c1-16(2,12-7-9-19-10-8-12)21-15(20)14(17)11-3-5-13(18)6-4-11/h3-6,12,14,19H,7-10H2,1-2H3/p+1. The fourth-order valence-corrected chi connectivity index (χ4v) is 3.31. The number of ether oxygens (including phenoxy) is 1. The monoisotopic (exact) mass is 374 g/mol. The fraction of sp³-hybridized carbons (Fsp3) is 0.562. The van der Waals surface area contributed by atoms with Gasteiger partial charge in [0, 0.05) is 23.8 Å². The lowest BCUT2D eigenvalue weighted by Gasteiger charge is -2.36. The second-order valence-electron chi connectivity index (χ2n) is 6.08. The molecule has 0 radical (unpaired) electrons. The zero-order valence-corrected chi connectivity index (χ0v) is 14.8. The zero-order chi connectivity index (χ0) is 15.5. The Balaban J connectivity index is 2.00. The molecule has 0 aliphatic carbocycles. The number of hydrogen-bond donors (Lipinski definition) is 1. The molecule has 1 aliphatic rings. The van der Waals surface area contributed by atoms with E-state index >= 15 is 0 Å². The van der Waals surface area contributed by atoms with Crippen molar-refractivity contribution in [1.29, 1.82) is 0 Å². The first kappa shape index (κ1) is 16.8. The quantitative estimate of drug-likeness (QED) is 0.649. The van der Waals surface area contributed by atoms with Crippen LogP contribution in [0.25, 0.3) is 0 Å². The van der Waals surface area contributed by atoms with E-state index in [0.717, 1.165) is 31.5 Å². The summed E-state index contributed by atoms with van der Waals surface area (Å²) >= 11 is 9.30. The first-order valence-corrected chi connectivity index (χ1v) is 8.63. The van der Waals surface area contributed by atoms with Crippen molar-refractivity contribution in [1.82, 2.24) is 0 Å². The van der Waals surface area contributed by atoms with Gasteiger partial charge in [0.1, 0.15) is 10.4 Å². The fourth-order valence-electron chi connectivity index (χ4n) is 2.78. The van der Waals surface area contributed by atoms with Crippen LogP contribution in [0, 0.1) is 5.92 Å². The number of rotatable bonds is 4. The number of halogens is 2. The molecular weight excluding hydrogens is 354 g/mol. The van der Waals surface area contributed by atoms with Crippen molar-refractivity contribution in [3.8, 4) is 0 Å². The van der Waals surface area contributed by atoms with E-state index in [2.05, 4.69) is 21.2 Å². The van der Waals surface area contributed by atoms with E-state index in [4.69, 9.17) is 16.3 Å². The van der Waals surface area contributed by atoms with Crippen molar-refractivity contribution in [3.05, 3.63) is 34.9 Å². The Labute approximate surface area is 139 Å². The zero-order valence-electron chi connectivity index (χ0n) is 12.4. The summed E-state index contributed by atoms with van der Waals surface area (Å²) in [6.45, 7) is 6.26. The minimum Gasteiger partial charge on any atom is -0.458 e. The van der Waals surface area contributed by atoms with E-state index in [1.807, 2.05) is 26.0 Å². The Morgan fingerprint density at radius 3 is 2.48 bits per heavy atom. The van der Waals surface area contributed by atoms with Crippen molar-refractivity contribution in [2.45, 2.75) is 37.1 Å². The highest BCUT2D eigenvalue weighted by molar-refractivity contribution is 9.09. The van der Waals surface area contributed by atoms with Crippen molar-refractivity contribution in [2.24, 2.45) is 5.92 Å². The van der Waals surface area contributed by atoms with Crippen LogP contribution >= 0.6 is 27.5 Å². The van der Waals surface area contributed by atoms with Crippen LogP contribution in [0.1, 0.15) is 37.1 Å². The molecule has 1 aliphatic heterocycles. The van der Waals surface area contributed by atoms with Gasteiger partial charge < -0.3 is 10.1 Å². The highest BCUT2D eigenvalue weighted by Gasteiger charge is 2.36. The Bertz CT molecular complexity index is 484. The molecule has 5 heteroatoms. The third-order valence-electron chi connectivity index (χ3n) is 4.15. The van der Waals surface area contributed by atoms with Gasteiger partial charge in [0.25, 0.3) is 0 Å². The second-order valence-corrected chi connectivity index (χ2v) is 7.43. The maximum absolute atomic E-state index is 12.4. The van der Waals surface area contributed by atoms with Crippen LogP contribution in [-0.2, 0) is 9.53 Å². The maximum atomic E-state index is 12.4. The molecule has 0 amide bonds. The lowest BCUT2D eigenvalue weighted by atomic mass is 9.83. The summed E-state index contributed by atoms with van der Waals surface area (Å²) in [4.78, 5) is 11.9. The summed E-state index contributed by atoms with van der Waals surface area (Å²) in [6.07, 6.45) is 2.18. The highest BCUT2D eigenvalue weighted by Crippen LogP contribution is 2.32. The Morgan fingerprint density at radius 1 is 1.33 bits per heavy atom. The van der Waals surface area contributed by atoms with E-state index < -0.39 is 10.4 Å². The van der Waals surface area contributed by atoms with Gasteiger partial charge in [-0.3, -0.25) is 4.79 Å². The van der Waals surface area contributed by atoms with Crippen molar-refractivity contribution in [3.63, 3.8) is 0 Å². The molecule has 1 aromatic rings. The van der Waals surface area contributed by atoms with E-state index in [1.165, 1.54) is 0 Å². The molecule has 1 aromatic carbocycles. The predicted molar refractivity (Wildman–Crippen MR) is 87.7 cm³/mol. The van der Waals surface area contributed by atoms with Gasteiger partial charge in [-0.1, -0.05) is 39.7 Å². The second kappa shape index (κ2) is 7.12. The molecule has 0 bridgehead atoms. The minimum atomic E-state index is -0.454. The van der Waals surface area contributed by atoms with Gasteiger partial charge in [0.05, 0.1) is 13.1 Å². The number of hydrogen-bond acceptors (Lipinski definition) is 2. The van der Waals surface area contributed by atoms with Crippen LogP contribution in [0.15, 0.2) is 24.3 Å². The number of nitrogens with two attached hydrogens (primary N) is 1. The van der Waals surface area contributed by atoms with Gasteiger partial charge in [-0.25, -0.2) is 0 Å². The summed E-state index contributed by atoms with van der Waals surface area (Å²) in [5.74, 6) is 0.188. The molecule has 1 fully saturated rings. The van der Waals surface area contributed by atoms with E-state index in [-0.39, 0.29) is 5.97 Å². The number of carbonyl (C=O) groups is 1. The number of carbonyl (C=O) groups excluding carboxylic acids is 1. The maximum Gasteiger partial charge on any atom is 0.324 e. The predicted octanol–water partition coefficient (Wildman–Crippen LogP) is 3.07. The molecule has 3 nitrogen and oxygen atoms in total. The molecule has 0 spiro atoms. The number of alkyl halides is 1. The molecule has 2 rings (SSSR count). The van der Waals surface area contributed by atoms with Crippen molar-refractivity contribution >= 4 is 33.5 Å². The lowest BCUT2D eigenvalue weighted by molar-refractivity contribution is -0.665. The molecule has 2 N–H and O–H groups in total. The summed E-state index contributed by atoms with van der Waals surface area (Å²) < 4.78 is 5.79. The van der Waals surface area contributed by atoms with E-state index in [9.17, 15) is 4.79 Å². The summed E-state index contributed by atoms with van der Waals surface area (Å²) in [7, 11) is 0. The van der Waals surface area contributed by atoms with Gasteiger partial charge in [0.2, 0.25) is 0 Å². The molecule has 21 heavy (non-hydrogen) atoms. The molecule has 0 aromatic heterocycles. The third kappa shape index (κ3) is 4.44. The van der Waals surface area contributed by atoms with Gasteiger partial charge in [0.15, 0.2) is 0 Å². The summed E-state index contributed by atoms with van der Waals surface area (Å²) in [5, 5.41) is 2.97. The van der Waals surface area contributed by atoms with Gasteiger partial charge in [-0.2, -0.15) is 0 Å². The van der Waals surface area contributed by atoms with Crippen LogP contribution in [0.5, 0.6) is 0 Å². The molecule has 1 atom stereocenters. The highest BCUT2D eigenvalue weighted by atomic mass is 79.9. The topological polar surface area (TPSA) is 42.9 Å². The number of benzene rings is 1. The van der Waals surface area contributed by atoms with Crippen molar-refractivity contribution < 1.29 is 14.8 Å². The van der Waals surface area contributed by atoms with Crippen LogP contribution in [-0.4, -0.2) is 24.7 Å². The number of esters is 1. The molecular formula is C16H22BrClNO2+. The molecule has 1 heterocycles. The first-order chi connectivity index (χ1) is 9.90. The van der Waals surface area contributed by atoms with Crippen molar-refractivity contribution in [2.75, 3.05) is 13.1 Å². The number of piperidine rings is 1. The Morgan fingerprint density at radius 2 is 1.90 bits per heavy atom. The van der Waals surface area contributed by atoms with Crippen LogP contribution in [0.4, 0.5) is 0 Å². The number of quaternary nitrogens is 1. The average Bonchev–Trinajstić information content (AvgIpc) is 2.48. The third-order valence-corrected chi connectivity index (χ3v) is 5.31. The summed E-state index contributed by atoms with van der Waals surface area (Å²) in [6, 6.07) is 7.23. The van der Waals surface area contributed by atoms with E-state index in [0.29, 0.717) is 10.9 Å². The van der Waals surface area contributed by atoms with Gasteiger partial charge >= 0.3 is 5.97 Å². The molecule has 116 valence electrons. The molecule has 0 saturated carbocycles. The Kier molecular flexibility index (Phi) is 5.69. The van der Waals surface area contributed by atoms with Crippen LogP contribution in [0.2, 0.25) is 5.02 Å². The normalized spacial score (nSPS) is 18.3. The first-order valence-electron chi connectivity index (χ1n) is 7.34. The SMILES string of the molecule is CC(C)(OC(=O)C(Br)c1ccc(Cl)cc1)C1CC[NH2+]CC1. The van der Waals surface area contributed by atoms with Crippen LogP contribution < -0.4 is 5.32 Å². The largest absolute Gasteiger partial charge is 0.458 e. The minimum absolute atomic E-state index is 0.239. The summed E-state index contributed by atoms with van der Waals surface area (Å²) in [5.41, 5.74) is 0.432. The lowest BCUT2D eigenvalue weighted by Crippen LogP contribution is -2.86. The molecule has 1 saturated heterocycles. The Hall–Kier alpha value is -0.580. The van der Waals surface area contributed by atoms with Gasteiger partial charge in [-0.05, 0) is 31.5 Å². The van der Waals surface area contributed by atoms with Crippen LogP contribution in [0.3, 0.4) is 0 Å². The smallest absolute Gasteiger partial charge is 0.324 e. The molecule has 1 unspecified atom stereocenters. The van der Waals surface area contributed by atoms with Gasteiger partial charge in [-0.15, -0.1) is 0 Å².